The number of anilines is 1. The first-order valence-corrected chi connectivity index (χ1v) is 6.01. The molecule has 1 fully saturated rings. The molecule has 0 aromatic heterocycles. The maximum Gasteiger partial charge on any atom is 0.254 e. The molecule has 1 heterocycles. The fourth-order valence-corrected chi connectivity index (χ4v) is 2.55. The summed E-state index contributed by atoms with van der Waals surface area (Å²) in [7, 11) is 1.82. The standard InChI is InChI=1S/C11H14N2OS/c1-13(9-5-3-2-4-6-9)11(14)10-12-7-8-15-10/h2-6,10,12H,7-8H2,1H3. The van der Waals surface area contributed by atoms with Crippen LogP contribution in [0.4, 0.5) is 5.69 Å². The first kappa shape index (κ1) is 10.5. The summed E-state index contributed by atoms with van der Waals surface area (Å²) < 4.78 is 0. The maximum absolute atomic E-state index is 12.0. The number of hydrogen-bond acceptors (Lipinski definition) is 3. The second kappa shape index (κ2) is 4.68. The van der Waals surface area contributed by atoms with Crippen LogP contribution in [-0.4, -0.2) is 30.6 Å². The van der Waals surface area contributed by atoms with Gasteiger partial charge in [-0.15, -0.1) is 11.8 Å². The van der Waals surface area contributed by atoms with E-state index in [0.29, 0.717) is 0 Å². The van der Waals surface area contributed by atoms with Gasteiger partial charge in [0.25, 0.3) is 5.91 Å². The summed E-state index contributed by atoms with van der Waals surface area (Å²) in [5.41, 5.74) is 0.941. The van der Waals surface area contributed by atoms with E-state index in [1.165, 1.54) is 0 Å². The normalized spacial score (nSPS) is 20.2. The Bertz CT molecular complexity index is 336. The Morgan fingerprint density at radius 2 is 2.20 bits per heavy atom. The SMILES string of the molecule is CN(C(=O)C1NCCS1)c1ccccc1. The molecule has 1 aliphatic heterocycles. The number of nitrogens with one attached hydrogen (secondary N) is 1. The van der Waals surface area contributed by atoms with Gasteiger partial charge in [0.1, 0.15) is 5.37 Å². The summed E-state index contributed by atoms with van der Waals surface area (Å²) in [4.78, 5) is 13.7. The fraction of sp³-hybridized carbons (Fsp3) is 0.364. The number of amides is 1. The number of likely N-dealkylation sites (N-methyl/N-ethyl adjacent to an activating group) is 1. The van der Waals surface area contributed by atoms with Gasteiger partial charge in [0.2, 0.25) is 0 Å². The van der Waals surface area contributed by atoms with Crippen LogP contribution in [0.25, 0.3) is 0 Å². The number of rotatable bonds is 2. The van der Waals surface area contributed by atoms with Crippen molar-refractivity contribution in [3.63, 3.8) is 0 Å². The third kappa shape index (κ3) is 2.33. The van der Waals surface area contributed by atoms with Crippen molar-refractivity contribution in [1.82, 2.24) is 5.32 Å². The number of benzene rings is 1. The highest BCUT2D eigenvalue weighted by Gasteiger charge is 2.26. The Kier molecular flexibility index (Phi) is 3.28. The molecule has 2 rings (SSSR count). The highest BCUT2D eigenvalue weighted by molar-refractivity contribution is 8.00. The number of nitrogens with zero attached hydrogens (tertiary/aromatic N) is 1. The summed E-state index contributed by atoms with van der Waals surface area (Å²) in [5, 5.41) is 3.10. The first-order chi connectivity index (χ1) is 7.29. The van der Waals surface area contributed by atoms with Gasteiger partial charge in [-0.25, -0.2) is 0 Å². The summed E-state index contributed by atoms with van der Waals surface area (Å²) >= 11 is 1.67. The minimum absolute atomic E-state index is 0.0739. The number of thioether (sulfide) groups is 1. The third-order valence-corrected chi connectivity index (χ3v) is 3.56. The van der Waals surface area contributed by atoms with Crippen molar-refractivity contribution in [1.29, 1.82) is 0 Å². The second-order valence-corrected chi connectivity index (χ2v) is 4.65. The number of carbonyl (C=O) groups is 1. The molecule has 1 N–H and O–H groups in total. The van der Waals surface area contributed by atoms with Crippen LogP contribution in [0.3, 0.4) is 0 Å². The minimum atomic E-state index is -0.0739. The third-order valence-electron chi connectivity index (χ3n) is 2.41. The van der Waals surface area contributed by atoms with Crippen molar-refractivity contribution in [3.8, 4) is 0 Å². The predicted octanol–water partition coefficient (Wildman–Crippen LogP) is 1.31. The number of carbonyl (C=O) groups excluding carboxylic acids is 1. The molecule has 80 valence electrons. The molecule has 1 aromatic carbocycles. The van der Waals surface area contributed by atoms with Crippen LogP contribution in [0.2, 0.25) is 0 Å². The second-order valence-electron chi connectivity index (χ2n) is 3.44. The lowest BCUT2D eigenvalue weighted by Crippen LogP contribution is -2.40. The quantitative estimate of drug-likeness (QED) is 0.819. The van der Waals surface area contributed by atoms with Gasteiger partial charge in [-0.05, 0) is 12.1 Å². The predicted molar refractivity (Wildman–Crippen MR) is 64.1 cm³/mol. The Labute approximate surface area is 93.8 Å². The van der Waals surface area contributed by atoms with Gasteiger partial charge in [0.05, 0.1) is 0 Å². The topological polar surface area (TPSA) is 32.3 Å². The molecule has 1 saturated heterocycles. The lowest BCUT2D eigenvalue weighted by molar-refractivity contribution is -0.118. The van der Waals surface area contributed by atoms with Gasteiger partial charge in [-0.3, -0.25) is 10.1 Å². The van der Waals surface area contributed by atoms with Crippen molar-refractivity contribution in [2.45, 2.75) is 5.37 Å². The van der Waals surface area contributed by atoms with E-state index in [4.69, 9.17) is 0 Å². The van der Waals surface area contributed by atoms with E-state index in [-0.39, 0.29) is 11.3 Å². The van der Waals surface area contributed by atoms with Gasteiger partial charge < -0.3 is 4.90 Å². The Balaban J connectivity index is 2.07. The van der Waals surface area contributed by atoms with Crippen molar-refractivity contribution < 1.29 is 4.79 Å². The van der Waals surface area contributed by atoms with E-state index in [9.17, 15) is 4.79 Å². The van der Waals surface area contributed by atoms with E-state index < -0.39 is 0 Å². The lowest BCUT2D eigenvalue weighted by Gasteiger charge is -2.20. The number of para-hydroxylation sites is 1. The molecule has 0 aliphatic carbocycles. The number of hydrogen-bond donors (Lipinski definition) is 1. The zero-order valence-corrected chi connectivity index (χ0v) is 9.46. The zero-order chi connectivity index (χ0) is 10.7. The van der Waals surface area contributed by atoms with Crippen LogP contribution in [0.5, 0.6) is 0 Å². The lowest BCUT2D eigenvalue weighted by atomic mass is 10.3. The minimum Gasteiger partial charge on any atom is -0.313 e. The van der Waals surface area contributed by atoms with E-state index >= 15 is 0 Å². The summed E-state index contributed by atoms with van der Waals surface area (Å²) in [5.74, 6) is 1.14. The van der Waals surface area contributed by atoms with Crippen LogP contribution in [0.1, 0.15) is 0 Å². The van der Waals surface area contributed by atoms with E-state index in [1.54, 1.807) is 16.7 Å². The Morgan fingerprint density at radius 1 is 1.47 bits per heavy atom. The zero-order valence-electron chi connectivity index (χ0n) is 8.64. The molecule has 1 amide bonds. The summed E-state index contributed by atoms with van der Waals surface area (Å²) in [6.07, 6.45) is 0. The molecule has 1 unspecified atom stereocenters. The molecular weight excluding hydrogens is 208 g/mol. The highest BCUT2D eigenvalue weighted by Crippen LogP contribution is 2.19. The van der Waals surface area contributed by atoms with Crippen molar-refractivity contribution >= 4 is 23.4 Å². The van der Waals surface area contributed by atoms with E-state index in [1.807, 2.05) is 37.4 Å². The van der Waals surface area contributed by atoms with Crippen LogP contribution in [0.15, 0.2) is 30.3 Å². The Morgan fingerprint density at radius 3 is 2.80 bits per heavy atom. The summed E-state index contributed by atoms with van der Waals surface area (Å²) in [6.45, 7) is 0.920. The van der Waals surface area contributed by atoms with Crippen molar-refractivity contribution in [2.75, 3.05) is 24.2 Å². The monoisotopic (exact) mass is 222 g/mol. The maximum atomic E-state index is 12.0. The van der Waals surface area contributed by atoms with Gasteiger partial charge in [0.15, 0.2) is 0 Å². The average molecular weight is 222 g/mol. The molecule has 0 saturated carbocycles. The largest absolute Gasteiger partial charge is 0.313 e. The van der Waals surface area contributed by atoms with Gasteiger partial charge in [-0.2, -0.15) is 0 Å². The molecule has 0 radical (unpaired) electrons. The molecule has 1 aromatic rings. The fourth-order valence-electron chi connectivity index (χ4n) is 1.54. The van der Waals surface area contributed by atoms with E-state index in [0.717, 1.165) is 18.0 Å². The molecule has 15 heavy (non-hydrogen) atoms. The van der Waals surface area contributed by atoms with Gasteiger partial charge in [0, 0.05) is 25.0 Å². The highest BCUT2D eigenvalue weighted by atomic mass is 32.2. The molecular formula is C11H14N2OS. The van der Waals surface area contributed by atoms with Gasteiger partial charge >= 0.3 is 0 Å². The summed E-state index contributed by atoms with van der Waals surface area (Å²) in [6, 6.07) is 9.71. The van der Waals surface area contributed by atoms with E-state index in [2.05, 4.69) is 5.32 Å². The van der Waals surface area contributed by atoms with Crippen LogP contribution in [-0.2, 0) is 4.79 Å². The molecule has 4 heteroatoms. The van der Waals surface area contributed by atoms with Crippen molar-refractivity contribution in [2.24, 2.45) is 0 Å². The van der Waals surface area contributed by atoms with Crippen LogP contribution < -0.4 is 10.2 Å². The van der Waals surface area contributed by atoms with Crippen molar-refractivity contribution in [3.05, 3.63) is 30.3 Å². The van der Waals surface area contributed by atoms with Gasteiger partial charge in [-0.1, -0.05) is 18.2 Å². The van der Waals surface area contributed by atoms with Crippen LogP contribution in [0, 0.1) is 0 Å². The molecule has 1 aliphatic rings. The molecule has 0 spiro atoms. The average Bonchev–Trinajstić information content (AvgIpc) is 2.82. The molecule has 0 bridgehead atoms. The first-order valence-electron chi connectivity index (χ1n) is 4.96. The molecule has 1 atom stereocenters. The smallest absolute Gasteiger partial charge is 0.254 e. The Hall–Kier alpha value is -1.00. The van der Waals surface area contributed by atoms with Crippen LogP contribution >= 0.6 is 11.8 Å². The molecule has 3 nitrogen and oxygen atoms in total.